The van der Waals surface area contributed by atoms with E-state index < -0.39 is 0 Å². The highest BCUT2D eigenvalue weighted by atomic mass is 15.1. The van der Waals surface area contributed by atoms with Crippen LogP contribution in [0.3, 0.4) is 0 Å². The van der Waals surface area contributed by atoms with Crippen LogP contribution < -0.4 is 5.73 Å². The average molecular weight is 234 g/mol. The summed E-state index contributed by atoms with van der Waals surface area (Å²) in [6.07, 6.45) is 2.31. The van der Waals surface area contributed by atoms with Crippen molar-refractivity contribution in [3.8, 4) is 0 Å². The van der Waals surface area contributed by atoms with E-state index in [1.54, 1.807) is 0 Å². The summed E-state index contributed by atoms with van der Waals surface area (Å²) in [7, 11) is 2.19. The minimum Gasteiger partial charge on any atom is -0.330 e. The number of nitrogens with zero attached hydrogens (tertiary/aromatic N) is 1. The number of benzene rings is 1. The molecule has 0 fully saturated rings. The summed E-state index contributed by atoms with van der Waals surface area (Å²) in [5, 5.41) is 0. The highest BCUT2D eigenvalue weighted by molar-refractivity contribution is 5.36. The molecule has 0 heterocycles. The normalized spacial score (nSPS) is 11.2. The van der Waals surface area contributed by atoms with Crippen LogP contribution in [-0.2, 0) is 6.54 Å². The van der Waals surface area contributed by atoms with Crippen LogP contribution in [0.1, 0.15) is 35.1 Å². The van der Waals surface area contributed by atoms with Crippen molar-refractivity contribution in [2.24, 2.45) is 5.73 Å². The molecule has 0 atom stereocenters. The molecule has 0 saturated carbocycles. The maximum Gasteiger partial charge on any atom is 0.0233 e. The Bertz CT molecular complexity index is 358. The predicted molar refractivity (Wildman–Crippen MR) is 75.3 cm³/mol. The first-order valence-electron chi connectivity index (χ1n) is 6.50. The van der Waals surface area contributed by atoms with Gasteiger partial charge in [0.2, 0.25) is 0 Å². The van der Waals surface area contributed by atoms with E-state index in [4.69, 9.17) is 5.73 Å². The molecule has 2 nitrogen and oxygen atoms in total. The third kappa shape index (κ3) is 4.49. The van der Waals surface area contributed by atoms with Gasteiger partial charge in [-0.25, -0.2) is 0 Å². The number of aryl methyl sites for hydroxylation is 3. The van der Waals surface area contributed by atoms with Gasteiger partial charge in [0.15, 0.2) is 0 Å². The fraction of sp³-hybridized carbons (Fsp3) is 0.600. The Balaban J connectivity index is 2.58. The predicted octanol–water partition coefficient (Wildman–Crippen LogP) is 2.78. The van der Waals surface area contributed by atoms with E-state index in [2.05, 4.69) is 44.9 Å². The van der Waals surface area contributed by atoms with Crippen molar-refractivity contribution in [3.63, 3.8) is 0 Å². The van der Waals surface area contributed by atoms with Crippen LogP contribution in [-0.4, -0.2) is 25.0 Å². The summed E-state index contributed by atoms with van der Waals surface area (Å²) in [6.45, 7) is 9.54. The van der Waals surface area contributed by atoms with Crippen molar-refractivity contribution in [3.05, 3.63) is 34.4 Å². The molecule has 0 amide bonds. The largest absolute Gasteiger partial charge is 0.330 e. The lowest BCUT2D eigenvalue weighted by Crippen LogP contribution is -2.20. The Morgan fingerprint density at radius 1 is 1.00 bits per heavy atom. The SMILES string of the molecule is Cc1cc(C)c(CN(C)CCCCN)cc1C. The zero-order valence-electron chi connectivity index (χ0n) is 11.7. The summed E-state index contributed by atoms with van der Waals surface area (Å²) >= 11 is 0. The van der Waals surface area contributed by atoms with Crippen molar-refractivity contribution in [2.45, 2.75) is 40.2 Å². The van der Waals surface area contributed by atoms with Crippen LogP contribution in [0, 0.1) is 20.8 Å². The minimum atomic E-state index is 0.802. The molecule has 96 valence electrons. The highest BCUT2D eigenvalue weighted by Crippen LogP contribution is 2.16. The molecule has 0 saturated heterocycles. The smallest absolute Gasteiger partial charge is 0.0233 e. The first kappa shape index (κ1) is 14.2. The molecule has 1 aromatic rings. The molecular weight excluding hydrogens is 208 g/mol. The van der Waals surface area contributed by atoms with Gasteiger partial charge in [-0.2, -0.15) is 0 Å². The summed E-state index contributed by atoms with van der Waals surface area (Å²) in [4.78, 5) is 2.38. The maximum atomic E-state index is 5.51. The summed E-state index contributed by atoms with van der Waals surface area (Å²) in [5.41, 5.74) is 11.1. The summed E-state index contributed by atoms with van der Waals surface area (Å²) in [6, 6.07) is 4.61. The van der Waals surface area contributed by atoms with E-state index in [-0.39, 0.29) is 0 Å². The molecule has 0 aliphatic heterocycles. The molecular formula is C15H26N2. The molecule has 2 N–H and O–H groups in total. The fourth-order valence-corrected chi connectivity index (χ4v) is 2.09. The molecule has 2 heteroatoms. The van der Waals surface area contributed by atoms with Gasteiger partial charge in [0, 0.05) is 6.54 Å². The number of unbranched alkanes of at least 4 members (excludes halogenated alkanes) is 1. The Kier molecular flexibility index (Phi) is 5.66. The molecule has 0 spiro atoms. The molecule has 0 unspecified atom stereocenters. The van der Waals surface area contributed by atoms with Gasteiger partial charge >= 0.3 is 0 Å². The first-order chi connectivity index (χ1) is 8.04. The van der Waals surface area contributed by atoms with Crippen molar-refractivity contribution in [2.75, 3.05) is 20.1 Å². The van der Waals surface area contributed by atoms with E-state index >= 15 is 0 Å². The van der Waals surface area contributed by atoms with Gasteiger partial charge in [-0.1, -0.05) is 12.1 Å². The Hall–Kier alpha value is -0.860. The second kappa shape index (κ2) is 6.77. The topological polar surface area (TPSA) is 29.3 Å². The van der Waals surface area contributed by atoms with Crippen molar-refractivity contribution in [1.29, 1.82) is 0 Å². The van der Waals surface area contributed by atoms with Gasteiger partial charge in [0.05, 0.1) is 0 Å². The van der Waals surface area contributed by atoms with Crippen LogP contribution in [0.2, 0.25) is 0 Å². The standard InChI is InChI=1S/C15H26N2/c1-12-9-14(3)15(10-13(12)2)11-17(4)8-6-5-7-16/h9-10H,5-8,11,16H2,1-4H3. The average Bonchev–Trinajstić information content (AvgIpc) is 2.26. The molecule has 1 aromatic carbocycles. The van der Waals surface area contributed by atoms with Gasteiger partial charge in [-0.3, -0.25) is 0 Å². The van der Waals surface area contributed by atoms with Gasteiger partial charge in [0.1, 0.15) is 0 Å². The van der Waals surface area contributed by atoms with Crippen LogP contribution in [0.15, 0.2) is 12.1 Å². The molecule has 17 heavy (non-hydrogen) atoms. The lowest BCUT2D eigenvalue weighted by molar-refractivity contribution is 0.319. The van der Waals surface area contributed by atoms with Crippen LogP contribution in [0.5, 0.6) is 0 Å². The van der Waals surface area contributed by atoms with E-state index in [9.17, 15) is 0 Å². The maximum absolute atomic E-state index is 5.51. The number of hydrogen-bond donors (Lipinski definition) is 1. The second-order valence-electron chi connectivity index (χ2n) is 5.10. The van der Waals surface area contributed by atoms with Crippen molar-refractivity contribution >= 4 is 0 Å². The Morgan fingerprint density at radius 2 is 1.65 bits per heavy atom. The monoisotopic (exact) mass is 234 g/mol. The quantitative estimate of drug-likeness (QED) is 0.767. The number of hydrogen-bond acceptors (Lipinski definition) is 2. The van der Waals surface area contributed by atoms with E-state index in [1.165, 1.54) is 28.7 Å². The zero-order chi connectivity index (χ0) is 12.8. The molecule has 0 aliphatic rings. The third-order valence-corrected chi connectivity index (χ3v) is 3.39. The zero-order valence-corrected chi connectivity index (χ0v) is 11.7. The summed E-state index contributed by atoms with van der Waals surface area (Å²) < 4.78 is 0. The van der Waals surface area contributed by atoms with E-state index in [1.807, 2.05) is 0 Å². The minimum absolute atomic E-state index is 0.802. The van der Waals surface area contributed by atoms with E-state index in [0.29, 0.717) is 0 Å². The fourth-order valence-electron chi connectivity index (χ4n) is 2.09. The lowest BCUT2D eigenvalue weighted by Gasteiger charge is -2.19. The first-order valence-corrected chi connectivity index (χ1v) is 6.50. The van der Waals surface area contributed by atoms with Gasteiger partial charge in [-0.15, -0.1) is 0 Å². The third-order valence-electron chi connectivity index (χ3n) is 3.39. The van der Waals surface area contributed by atoms with Crippen molar-refractivity contribution < 1.29 is 0 Å². The number of nitrogens with two attached hydrogens (primary N) is 1. The van der Waals surface area contributed by atoms with Gasteiger partial charge in [-0.05, 0) is 76.0 Å². The number of rotatable bonds is 6. The Labute approximate surface area is 106 Å². The second-order valence-corrected chi connectivity index (χ2v) is 5.10. The lowest BCUT2D eigenvalue weighted by atomic mass is 10.0. The van der Waals surface area contributed by atoms with Crippen LogP contribution in [0.4, 0.5) is 0 Å². The van der Waals surface area contributed by atoms with Crippen LogP contribution >= 0.6 is 0 Å². The molecule has 0 aromatic heterocycles. The van der Waals surface area contributed by atoms with Crippen LogP contribution in [0.25, 0.3) is 0 Å². The van der Waals surface area contributed by atoms with Gasteiger partial charge < -0.3 is 10.6 Å². The highest BCUT2D eigenvalue weighted by Gasteiger charge is 2.05. The van der Waals surface area contributed by atoms with Gasteiger partial charge in [0.25, 0.3) is 0 Å². The molecule has 0 aliphatic carbocycles. The molecule has 1 rings (SSSR count). The van der Waals surface area contributed by atoms with E-state index in [0.717, 1.165) is 26.1 Å². The Morgan fingerprint density at radius 3 is 2.29 bits per heavy atom. The molecule has 0 radical (unpaired) electrons. The molecule has 0 bridgehead atoms. The van der Waals surface area contributed by atoms with Crippen molar-refractivity contribution in [1.82, 2.24) is 4.90 Å². The summed E-state index contributed by atoms with van der Waals surface area (Å²) in [5.74, 6) is 0.